The van der Waals surface area contributed by atoms with Crippen LogP contribution >= 0.6 is 0 Å². The summed E-state index contributed by atoms with van der Waals surface area (Å²) in [5.41, 5.74) is 3.06. The van der Waals surface area contributed by atoms with Gasteiger partial charge in [0.25, 0.3) is 0 Å². The van der Waals surface area contributed by atoms with Crippen molar-refractivity contribution in [3.63, 3.8) is 0 Å². The summed E-state index contributed by atoms with van der Waals surface area (Å²) in [7, 11) is 0. The van der Waals surface area contributed by atoms with Crippen LogP contribution in [0.15, 0.2) is 24.5 Å². The SMILES string of the molecule is Cc1cc(CCC(=O)O)cc([C@H]2CCCN2Cc2ncc[nH]2)n1. The first-order valence-corrected chi connectivity index (χ1v) is 8.03. The number of aryl methyl sites for hydroxylation is 2. The summed E-state index contributed by atoms with van der Waals surface area (Å²) in [5.74, 6) is 0.206. The highest BCUT2D eigenvalue weighted by atomic mass is 16.4. The van der Waals surface area contributed by atoms with Gasteiger partial charge in [0.15, 0.2) is 0 Å². The van der Waals surface area contributed by atoms with Gasteiger partial charge in [-0.2, -0.15) is 0 Å². The van der Waals surface area contributed by atoms with Crippen LogP contribution in [0.4, 0.5) is 0 Å². The number of hydrogen-bond acceptors (Lipinski definition) is 4. The second-order valence-corrected chi connectivity index (χ2v) is 6.10. The third-order valence-corrected chi connectivity index (χ3v) is 4.27. The molecule has 0 saturated carbocycles. The summed E-state index contributed by atoms with van der Waals surface area (Å²) in [4.78, 5) is 25.3. The summed E-state index contributed by atoms with van der Waals surface area (Å²) in [6.45, 7) is 3.79. The first-order valence-electron chi connectivity index (χ1n) is 8.03. The molecule has 122 valence electrons. The van der Waals surface area contributed by atoms with Crippen LogP contribution in [0.1, 0.15) is 48.1 Å². The fourth-order valence-electron chi connectivity index (χ4n) is 3.26. The molecule has 0 bridgehead atoms. The third kappa shape index (κ3) is 3.96. The molecule has 0 spiro atoms. The second-order valence-electron chi connectivity index (χ2n) is 6.10. The van der Waals surface area contributed by atoms with Gasteiger partial charge in [0, 0.05) is 24.5 Å². The third-order valence-electron chi connectivity index (χ3n) is 4.27. The normalized spacial score (nSPS) is 18.4. The van der Waals surface area contributed by atoms with Gasteiger partial charge in [-0.05, 0) is 50.4 Å². The lowest BCUT2D eigenvalue weighted by Gasteiger charge is -2.23. The Morgan fingerprint density at radius 3 is 3.09 bits per heavy atom. The second kappa shape index (κ2) is 6.91. The summed E-state index contributed by atoms with van der Waals surface area (Å²) in [6.07, 6.45) is 6.55. The molecule has 2 N–H and O–H groups in total. The van der Waals surface area contributed by atoms with E-state index in [-0.39, 0.29) is 12.5 Å². The molecule has 1 saturated heterocycles. The summed E-state index contributed by atoms with van der Waals surface area (Å²) < 4.78 is 0. The number of carboxylic acids is 1. The fourth-order valence-corrected chi connectivity index (χ4v) is 3.26. The predicted molar refractivity (Wildman–Crippen MR) is 85.9 cm³/mol. The van der Waals surface area contributed by atoms with Crippen LogP contribution in [-0.4, -0.2) is 37.5 Å². The molecule has 0 aromatic carbocycles. The predicted octanol–water partition coefficient (Wildman–Crippen LogP) is 2.47. The quantitative estimate of drug-likeness (QED) is 0.856. The van der Waals surface area contributed by atoms with Crippen molar-refractivity contribution in [2.24, 2.45) is 0 Å². The van der Waals surface area contributed by atoms with Gasteiger partial charge >= 0.3 is 5.97 Å². The molecule has 6 nitrogen and oxygen atoms in total. The lowest BCUT2D eigenvalue weighted by Crippen LogP contribution is -2.24. The highest BCUT2D eigenvalue weighted by molar-refractivity contribution is 5.67. The van der Waals surface area contributed by atoms with Gasteiger partial charge in [0.2, 0.25) is 0 Å². The van der Waals surface area contributed by atoms with E-state index in [4.69, 9.17) is 10.1 Å². The van der Waals surface area contributed by atoms with Crippen molar-refractivity contribution >= 4 is 5.97 Å². The average molecular weight is 314 g/mol. The van der Waals surface area contributed by atoms with Crippen LogP contribution in [0.2, 0.25) is 0 Å². The molecule has 1 atom stereocenters. The molecule has 3 rings (SSSR count). The number of nitrogens with zero attached hydrogens (tertiary/aromatic N) is 3. The number of H-pyrrole nitrogens is 1. The molecule has 0 amide bonds. The van der Waals surface area contributed by atoms with Crippen LogP contribution in [0, 0.1) is 6.92 Å². The van der Waals surface area contributed by atoms with E-state index >= 15 is 0 Å². The Morgan fingerprint density at radius 1 is 1.48 bits per heavy atom. The molecule has 1 aliphatic rings. The molecule has 1 fully saturated rings. The minimum Gasteiger partial charge on any atom is -0.481 e. The number of pyridine rings is 1. The Balaban J connectivity index is 1.77. The largest absolute Gasteiger partial charge is 0.481 e. The molecule has 2 aromatic heterocycles. The van der Waals surface area contributed by atoms with Crippen molar-refractivity contribution in [1.29, 1.82) is 0 Å². The topological polar surface area (TPSA) is 82.1 Å². The van der Waals surface area contributed by atoms with Crippen LogP contribution < -0.4 is 0 Å². The first kappa shape index (κ1) is 15.7. The number of carboxylic acid groups (broad SMARTS) is 1. The Bertz CT molecular complexity index is 669. The minimum atomic E-state index is -0.763. The molecule has 0 aliphatic carbocycles. The van der Waals surface area contributed by atoms with Crippen molar-refractivity contribution in [3.05, 3.63) is 47.3 Å². The lowest BCUT2D eigenvalue weighted by molar-refractivity contribution is -0.136. The van der Waals surface area contributed by atoms with Crippen LogP contribution in [0.25, 0.3) is 0 Å². The van der Waals surface area contributed by atoms with Gasteiger partial charge in [-0.1, -0.05) is 0 Å². The number of rotatable bonds is 6. The average Bonchev–Trinajstić information content (AvgIpc) is 3.17. The van der Waals surface area contributed by atoms with Gasteiger partial charge in [0.1, 0.15) is 5.82 Å². The molecule has 0 unspecified atom stereocenters. The number of likely N-dealkylation sites (tertiary alicyclic amines) is 1. The van der Waals surface area contributed by atoms with E-state index in [0.717, 1.165) is 48.7 Å². The standard InChI is InChI=1S/C17H22N4O2/c1-12-9-13(4-5-17(22)23)10-14(20-12)15-3-2-8-21(15)11-16-18-6-7-19-16/h6-7,9-10,15H,2-5,8,11H2,1H3,(H,18,19)(H,22,23)/t15-/m1/s1. The molecule has 2 aromatic rings. The number of hydrogen-bond donors (Lipinski definition) is 2. The van der Waals surface area contributed by atoms with E-state index in [2.05, 4.69) is 20.9 Å². The van der Waals surface area contributed by atoms with Gasteiger partial charge in [-0.15, -0.1) is 0 Å². The van der Waals surface area contributed by atoms with Crippen molar-refractivity contribution in [1.82, 2.24) is 19.9 Å². The van der Waals surface area contributed by atoms with Crippen LogP contribution in [0.5, 0.6) is 0 Å². The van der Waals surface area contributed by atoms with Gasteiger partial charge < -0.3 is 10.1 Å². The summed E-state index contributed by atoms with van der Waals surface area (Å²) in [6, 6.07) is 4.34. The molecule has 0 radical (unpaired) electrons. The number of aromatic amines is 1. The lowest BCUT2D eigenvalue weighted by atomic mass is 10.0. The number of aliphatic carboxylic acids is 1. The van der Waals surface area contributed by atoms with Crippen LogP contribution in [-0.2, 0) is 17.8 Å². The zero-order chi connectivity index (χ0) is 16.2. The van der Waals surface area contributed by atoms with Crippen molar-refractivity contribution in [2.75, 3.05) is 6.54 Å². The van der Waals surface area contributed by atoms with E-state index in [1.54, 1.807) is 6.20 Å². The first-order chi connectivity index (χ1) is 11.1. The fraction of sp³-hybridized carbons (Fsp3) is 0.471. The Hall–Kier alpha value is -2.21. The zero-order valence-electron chi connectivity index (χ0n) is 13.3. The highest BCUT2D eigenvalue weighted by Crippen LogP contribution is 2.32. The highest BCUT2D eigenvalue weighted by Gasteiger charge is 2.28. The Morgan fingerprint density at radius 2 is 2.35 bits per heavy atom. The van der Waals surface area contributed by atoms with Gasteiger partial charge in [-0.25, -0.2) is 4.98 Å². The van der Waals surface area contributed by atoms with E-state index in [1.165, 1.54) is 0 Å². The number of nitrogens with one attached hydrogen (secondary N) is 1. The van der Waals surface area contributed by atoms with Crippen molar-refractivity contribution in [2.45, 2.75) is 45.2 Å². The van der Waals surface area contributed by atoms with E-state index in [0.29, 0.717) is 6.42 Å². The van der Waals surface area contributed by atoms with E-state index in [9.17, 15) is 4.79 Å². The van der Waals surface area contributed by atoms with Gasteiger partial charge in [-0.3, -0.25) is 14.7 Å². The number of imidazole rings is 1. The molecular formula is C17H22N4O2. The molecule has 3 heterocycles. The maximum Gasteiger partial charge on any atom is 0.303 e. The molecule has 6 heteroatoms. The number of aromatic nitrogens is 3. The number of carbonyl (C=O) groups is 1. The summed E-state index contributed by atoms with van der Waals surface area (Å²) in [5, 5.41) is 8.88. The van der Waals surface area contributed by atoms with Gasteiger partial charge in [0.05, 0.1) is 18.3 Å². The monoisotopic (exact) mass is 314 g/mol. The molecule has 23 heavy (non-hydrogen) atoms. The molecule has 1 aliphatic heterocycles. The maximum atomic E-state index is 10.8. The smallest absolute Gasteiger partial charge is 0.303 e. The van der Waals surface area contributed by atoms with Crippen molar-refractivity contribution < 1.29 is 9.90 Å². The maximum absolute atomic E-state index is 10.8. The van der Waals surface area contributed by atoms with Crippen molar-refractivity contribution in [3.8, 4) is 0 Å². The zero-order valence-corrected chi connectivity index (χ0v) is 13.3. The Labute approximate surface area is 135 Å². The molecular weight excluding hydrogens is 292 g/mol. The van der Waals surface area contributed by atoms with E-state index < -0.39 is 5.97 Å². The van der Waals surface area contributed by atoms with E-state index in [1.807, 2.05) is 19.2 Å². The summed E-state index contributed by atoms with van der Waals surface area (Å²) >= 11 is 0. The van der Waals surface area contributed by atoms with Crippen LogP contribution in [0.3, 0.4) is 0 Å². The minimum absolute atomic E-state index is 0.156. The Kier molecular flexibility index (Phi) is 4.71.